The van der Waals surface area contributed by atoms with E-state index in [-0.39, 0.29) is 6.10 Å². The lowest BCUT2D eigenvalue weighted by molar-refractivity contribution is 0.134. The first-order valence-corrected chi connectivity index (χ1v) is 7.55. The summed E-state index contributed by atoms with van der Waals surface area (Å²) in [6.45, 7) is 8.88. The number of benzene rings is 1. The third kappa shape index (κ3) is 6.60. The van der Waals surface area contributed by atoms with Crippen LogP contribution in [0.4, 0.5) is 0 Å². The molecule has 0 amide bonds. The summed E-state index contributed by atoms with van der Waals surface area (Å²) in [6, 6.07) is 5.77. The zero-order valence-corrected chi connectivity index (χ0v) is 13.7. The van der Waals surface area contributed by atoms with Crippen molar-refractivity contribution in [2.24, 2.45) is 5.92 Å². The van der Waals surface area contributed by atoms with E-state index in [2.05, 4.69) is 26.1 Å². The molecule has 1 aromatic carbocycles. The van der Waals surface area contributed by atoms with Crippen LogP contribution in [0.5, 0.6) is 5.75 Å². The first kappa shape index (κ1) is 17.3. The van der Waals surface area contributed by atoms with Gasteiger partial charge in [-0.2, -0.15) is 0 Å². The van der Waals surface area contributed by atoms with Crippen LogP contribution in [0.3, 0.4) is 0 Å². The highest BCUT2D eigenvalue weighted by atomic mass is 35.5. The lowest BCUT2D eigenvalue weighted by Gasteiger charge is -2.18. The minimum Gasteiger partial charge on any atom is -0.490 e. The van der Waals surface area contributed by atoms with E-state index in [1.807, 2.05) is 18.2 Å². The van der Waals surface area contributed by atoms with E-state index in [1.165, 1.54) is 0 Å². The van der Waals surface area contributed by atoms with Gasteiger partial charge in [0, 0.05) is 37.3 Å². The molecule has 1 N–H and O–H groups in total. The Hall–Kier alpha value is -0.770. The Kier molecular flexibility index (Phi) is 7.97. The molecule has 0 spiro atoms. The molecule has 0 aromatic heterocycles. The first-order chi connectivity index (χ1) is 9.52. The average Bonchev–Trinajstić information content (AvgIpc) is 2.39. The van der Waals surface area contributed by atoms with Gasteiger partial charge < -0.3 is 14.8 Å². The third-order valence-corrected chi connectivity index (χ3v) is 3.18. The van der Waals surface area contributed by atoms with E-state index >= 15 is 0 Å². The maximum Gasteiger partial charge on any atom is 0.124 e. The molecule has 1 unspecified atom stereocenters. The maximum absolute atomic E-state index is 6.08. The zero-order chi connectivity index (χ0) is 15.0. The van der Waals surface area contributed by atoms with E-state index in [9.17, 15) is 0 Å². The Morgan fingerprint density at radius 2 is 2.00 bits per heavy atom. The quantitative estimate of drug-likeness (QED) is 0.750. The van der Waals surface area contributed by atoms with Gasteiger partial charge in [-0.05, 0) is 37.6 Å². The standard InChI is InChI=1S/C16H26ClNO2/c1-12(2)10-18-11-14-9-15(17)5-6-16(14)20-13(3)7-8-19-4/h5-6,9,12-13,18H,7-8,10-11H2,1-4H3. The van der Waals surface area contributed by atoms with Crippen LogP contribution in [-0.4, -0.2) is 26.4 Å². The van der Waals surface area contributed by atoms with E-state index < -0.39 is 0 Å². The molecular formula is C16H26ClNO2. The van der Waals surface area contributed by atoms with Gasteiger partial charge in [-0.3, -0.25) is 0 Å². The van der Waals surface area contributed by atoms with Crippen LogP contribution < -0.4 is 10.1 Å². The minimum atomic E-state index is 0.125. The van der Waals surface area contributed by atoms with Crippen molar-refractivity contribution in [3.63, 3.8) is 0 Å². The summed E-state index contributed by atoms with van der Waals surface area (Å²) >= 11 is 6.08. The molecule has 1 rings (SSSR count). The summed E-state index contributed by atoms with van der Waals surface area (Å²) in [7, 11) is 1.70. The van der Waals surface area contributed by atoms with Crippen LogP contribution in [-0.2, 0) is 11.3 Å². The molecule has 20 heavy (non-hydrogen) atoms. The van der Waals surface area contributed by atoms with Crippen molar-refractivity contribution in [3.8, 4) is 5.75 Å². The summed E-state index contributed by atoms with van der Waals surface area (Å²) in [5.74, 6) is 1.52. The fourth-order valence-electron chi connectivity index (χ4n) is 1.86. The fourth-order valence-corrected chi connectivity index (χ4v) is 2.05. The van der Waals surface area contributed by atoms with Gasteiger partial charge in [-0.25, -0.2) is 0 Å². The van der Waals surface area contributed by atoms with E-state index in [1.54, 1.807) is 7.11 Å². The molecule has 0 radical (unpaired) electrons. The van der Waals surface area contributed by atoms with Gasteiger partial charge in [0.25, 0.3) is 0 Å². The Labute approximate surface area is 127 Å². The monoisotopic (exact) mass is 299 g/mol. The first-order valence-electron chi connectivity index (χ1n) is 7.17. The van der Waals surface area contributed by atoms with E-state index in [4.69, 9.17) is 21.1 Å². The highest BCUT2D eigenvalue weighted by Gasteiger charge is 2.09. The Morgan fingerprint density at radius 3 is 2.65 bits per heavy atom. The lowest BCUT2D eigenvalue weighted by atomic mass is 10.1. The molecule has 3 nitrogen and oxygen atoms in total. The van der Waals surface area contributed by atoms with Crippen LogP contribution in [0, 0.1) is 5.92 Å². The molecule has 0 aliphatic heterocycles. The second kappa shape index (κ2) is 9.22. The summed E-state index contributed by atoms with van der Waals surface area (Å²) in [6.07, 6.45) is 0.998. The van der Waals surface area contributed by atoms with Crippen molar-refractivity contribution < 1.29 is 9.47 Å². The summed E-state index contributed by atoms with van der Waals surface area (Å²) in [5, 5.41) is 4.16. The number of nitrogens with one attached hydrogen (secondary N) is 1. The van der Waals surface area contributed by atoms with Gasteiger partial charge in [0.05, 0.1) is 6.10 Å². The predicted octanol–water partition coefficient (Wildman–Crippen LogP) is 3.89. The SMILES string of the molecule is COCCC(C)Oc1ccc(Cl)cc1CNCC(C)C. The fraction of sp³-hybridized carbons (Fsp3) is 0.625. The van der Waals surface area contributed by atoms with Gasteiger partial charge in [-0.1, -0.05) is 25.4 Å². The molecule has 1 aromatic rings. The lowest BCUT2D eigenvalue weighted by Crippen LogP contribution is -2.20. The molecule has 4 heteroatoms. The van der Waals surface area contributed by atoms with E-state index in [0.717, 1.165) is 35.8 Å². The van der Waals surface area contributed by atoms with E-state index in [0.29, 0.717) is 12.5 Å². The van der Waals surface area contributed by atoms with Crippen LogP contribution in [0.2, 0.25) is 5.02 Å². The Bertz CT molecular complexity index is 396. The molecule has 0 fully saturated rings. The number of methoxy groups -OCH3 is 1. The number of halogens is 1. The molecule has 0 heterocycles. The summed E-state index contributed by atoms with van der Waals surface area (Å²) in [4.78, 5) is 0. The van der Waals surface area contributed by atoms with Crippen molar-refractivity contribution in [1.82, 2.24) is 5.32 Å². The second-order valence-corrected chi connectivity index (χ2v) is 5.92. The molecule has 0 bridgehead atoms. The van der Waals surface area contributed by atoms with Gasteiger partial charge in [0.15, 0.2) is 0 Å². The van der Waals surface area contributed by atoms with Gasteiger partial charge in [0.1, 0.15) is 5.75 Å². The van der Waals surface area contributed by atoms with Crippen molar-refractivity contribution in [2.75, 3.05) is 20.3 Å². The van der Waals surface area contributed by atoms with Crippen molar-refractivity contribution in [1.29, 1.82) is 0 Å². The second-order valence-electron chi connectivity index (χ2n) is 5.49. The van der Waals surface area contributed by atoms with Crippen molar-refractivity contribution >= 4 is 11.6 Å². The molecule has 114 valence electrons. The predicted molar refractivity (Wildman–Crippen MR) is 84.6 cm³/mol. The molecule has 0 aliphatic rings. The molecule has 0 saturated heterocycles. The van der Waals surface area contributed by atoms with Crippen LogP contribution >= 0.6 is 11.6 Å². The normalized spacial score (nSPS) is 12.7. The molecule has 0 saturated carbocycles. The molecule has 0 aliphatic carbocycles. The van der Waals surface area contributed by atoms with Crippen LogP contribution in [0.1, 0.15) is 32.8 Å². The largest absolute Gasteiger partial charge is 0.490 e. The van der Waals surface area contributed by atoms with Crippen LogP contribution in [0.25, 0.3) is 0 Å². The van der Waals surface area contributed by atoms with Crippen molar-refractivity contribution in [3.05, 3.63) is 28.8 Å². The summed E-state index contributed by atoms with van der Waals surface area (Å²) < 4.78 is 11.1. The van der Waals surface area contributed by atoms with Gasteiger partial charge in [0.2, 0.25) is 0 Å². The molecule has 1 atom stereocenters. The number of rotatable bonds is 9. The number of hydrogen-bond donors (Lipinski definition) is 1. The number of ether oxygens (including phenoxy) is 2. The van der Waals surface area contributed by atoms with Crippen LogP contribution in [0.15, 0.2) is 18.2 Å². The molecular weight excluding hydrogens is 274 g/mol. The van der Waals surface area contributed by atoms with Gasteiger partial charge >= 0.3 is 0 Å². The minimum absolute atomic E-state index is 0.125. The number of hydrogen-bond acceptors (Lipinski definition) is 3. The highest BCUT2D eigenvalue weighted by molar-refractivity contribution is 6.30. The smallest absolute Gasteiger partial charge is 0.124 e. The summed E-state index contributed by atoms with van der Waals surface area (Å²) in [5.41, 5.74) is 1.10. The maximum atomic E-state index is 6.08. The highest BCUT2D eigenvalue weighted by Crippen LogP contribution is 2.24. The average molecular weight is 300 g/mol. The Morgan fingerprint density at radius 1 is 1.25 bits per heavy atom. The Balaban J connectivity index is 2.64. The van der Waals surface area contributed by atoms with Crippen molar-refractivity contribution in [2.45, 2.75) is 39.8 Å². The third-order valence-electron chi connectivity index (χ3n) is 2.95. The van der Waals surface area contributed by atoms with Gasteiger partial charge in [-0.15, -0.1) is 0 Å². The topological polar surface area (TPSA) is 30.5 Å². The zero-order valence-electron chi connectivity index (χ0n) is 12.9.